The van der Waals surface area contributed by atoms with Gasteiger partial charge in [-0.25, -0.2) is 0 Å². The highest BCUT2D eigenvalue weighted by atomic mass is 16.5. The van der Waals surface area contributed by atoms with Gasteiger partial charge in [0, 0.05) is 19.3 Å². The number of benzene rings is 1. The maximum absolute atomic E-state index is 5.65. The van der Waals surface area contributed by atoms with E-state index in [9.17, 15) is 0 Å². The van der Waals surface area contributed by atoms with Crippen LogP contribution in [-0.2, 0) is 6.54 Å². The Labute approximate surface area is 108 Å². The number of pyridine rings is 1. The Morgan fingerprint density at radius 1 is 1.11 bits per heavy atom. The molecule has 94 valence electrons. The highest BCUT2D eigenvalue weighted by Gasteiger charge is 1.98. The smallest absolute Gasteiger partial charge is 0.140 e. The van der Waals surface area contributed by atoms with E-state index in [0.29, 0.717) is 6.61 Å². The molecule has 0 unspecified atom stereocenters. The normalized spacial score (nSPS) is 10.3. The number of ether oxygens (including phenoxy) is 1. The van der Waals surface area contributed by atoms with Crippen LogP contribution in [0.5, 0.6) is 5.75 Å². The number of nitrogens with one attached hydrogen (secondary N) is 1. The fourth-order valence-corrected chi connectivity index (χ4v) is 1.68. The van der Waals surface area contributed by atoms with Crippen molar-refractivity contribution < 1.29 is 4.74 Å². The minimum absolute atomic E-state index is 0.652. The molecule has 1 aromatic heterocycles. The average molecular weight is 242 g/mol. The summed E-state index contributed by atoms with van der Waals surface area (Å²) in [7, 11) is 0. The number of hydrogen-bond acceptors (Lipinski definition) is 3. The molecule has 0 bridgehead atoms. The molecule has 2 rings (SSSR count). The van der Waals surface area contributed by atoms with Gasteiger partial charge in [0.05, 0.1) is 5.69 Å². The zero-order valence-electron chi connectivity index (χ0n) is 10.6. The monoisotopic (exact) mass is 242 g/mol. The van der Waals surface area contributed by atoms with Crippen LogP contribution in [0.1, 0.15) is 11.3 Å². The number of aryl methyl sites for hydroxylation is 1. The van der Waals surface area contributed by atoms with Crippen molar-refractivity contribution in [2.24, 2.45) is 0 Å². The zero-order valence-corrected chi connectivity index (χ0v) is 10.6. The van der Waals surface area contributed by atoms with Crippen molar-refractivity contribution in [1.29, 1.82) is 0 Å². The number of aromatic nitrogens is 1. The molecule has 3 heteroatoms. The summed E-state index contributed by atoms with van der Waals surface area (Å²) in [5, 5.41) is 3.35. The topological polar surface area (TPSA) is 34.1 Å². The molecule has 3 nitrogen and oxygen atoms in total. The van der Waals surface area contributed by atoms with Gasteiger partial charge in [-0.1, -0.05) is 30.3 Å². The predicted octanol–water partition coefficient (Wildman–Crippen LogP) is 2.56. The molecule has 0 aliphatic rings. The first-order valence-electron chi connectivity index (χ1n) is 6.15. The summed E-state index contributed by atoms with van der Waals surface area (Å²) in [6, 6.07) is 14.2. The molecular formula is C15H18N2O. The Kier molecular flexibility index (Phi) is 4.73. The average Bonchev–Trinajstić information content (AvgIpc) is 2.42. The Morgan fingerprint density at radius 3 is 2.72 bits per heavy atom. The highest BCUT2D eigenvalue weighted by molar-refractivity contribution is 5.25. The van der Waals surface area contributed by atoms with Gasteiger partial charge in [0.1, 0.15) is 12.4 Å². The quantitative estimate of drug-likeness (QED) is 0.790. The minimum atomic E-state index is 0.652. The second-order valence-electron chi connectivity index (χ2n) is 4.10. The minimum Gasteiger partial charge on any atom is -0.490 e. The fourth-order valence-electron chi connectivity index (χ4n) is 1.68. The first-order chi connectivity index (χ1) is 8.86. The van der Waals surface area contributed by atoms with Crippen molar-refractivity contribution in [2.75, 3.05) is 13.2 Å². The number of hydrogen-bond donors (Lipinski definition) is 1. The lowest BCUT2D eigenvalue weighted by atomic mass is 10.2. The van der Waals surface area contributed by atoms with Crippen LogP contribution in [0.15, 0.2) is 48.7 Å². The molecule has 1 N–H and O–H groups in total. The summed E-state index contributed by atoms with van der Waals surface area (Å²) < 4.78 is 5.65. The van der Waals surface area contributed by atoms with Crippen molar-refractivity contribution >= 4 is 0 Å². The van der Waals surface area contributed by atoms with Gasteiger partial charge in [-0.2, -0.15) is 0 Å². The summed E-state index contributed by atoms with van der Waals surface area (Å²) >= 11 is 0. The largest absolute Gasteiger partial charge is 0.490 e. The summed E-state index contributed by atoms with van der Waals surface area (Å²) in [5.74, 6) is 0.860. The van der Waals surface area contributed by atoms with E-state index in [2.05, 4.69) is 22.4 Å². The standard InChI is InChI=1S/C15H18N2O/c1-13-15(8-5-9-17-13)18-11-10-16-12-14-6-3-2-4-7-14/h2-9,16H,10-12H2,1H3. The van der Waals surface area contributed by atoms with E-state index in [-0.39, 0.29) is 0 Å². The van der Waals surface area contributed by atoms with Crippen molar-refractivity contribution in [3.63, 3.8) is 0 Å². The van der Waals surface area contributed by atoms with Gasteiger partial charge in [0.2, 0.25) is 0 Å². The Morgan fingerprint density at radius 2 is 1.94 bits per heavy atom. The molecule has 0 saturated carbocycles. The SMILES string of the molecule is Cc1ncccc1OCCNCc1ccccc1. The first-order valence-corrected chi connectivity index (χ1v) is 6.15. The van der Waals surface area contributed by atoms with E-state index in [4.69, 9.17) is 4.74 Å². The van der Waals surface area contributed by atoms with Crippen molar-refractivity contribution in [3.05, 3.63) is 59.9 Å². The molecule has 0 radical (unpaired) electrons. The summed E-state index contributed by atoms with van der Waals surface area (Å²) in [4.78, 5) is 4.18. The molecule has 1 heterocycles. The van der Waals surface area contributed by atoms with Crippen molar-refractivity contribution in [3.8, 4) is 5.75 Å². The molecule has 0 atom stereocenters. The third-order valence-corrected chi connectivity index (χ3v) is 2.67. The van der Waals surface area contributed by atoms with Crippen LogP contribution in [0.2, 0.25) is 0 Å². The van der Waals surface area contributed by atoms with Gasteiger partial charge in [-0.15, -0.1) is 0 Å². The number of nitrogens with zero attached hydrogens (tertiary/aromatic N) is 1. The van der Waals surface area contributed by atoms with Gasteiger partial charge in [0.25, 0.3) is 0 Å². The number of rotatable bonds is 6. The molecule has 0 spiro atoms. The predicted molar refractivity (Wildman–Crippen MR) is 72.6 cm³/mol. The van der Waals surface area contributed by atoms with E-state index < -0.39 is 0 Å². The van der Waals surface area contributed by atoms with Crippen LogP contribution in [0, 0.1) is 6.92 Å². The molecule has 18 heavy (non-hydrogen) atoms. The fraction of sp³-hybridized carbons (Fsp3) is 0.267. The van der Waals surface area contributed by atoms with E-state index in [1.165, 1.54) is 5.56 Å². The van der Waals surface area contributed by atoms with Crippen LogP contribution >= 0.6 is 0 Å². The van der Waals surface area contributed by atoms with Crippen LogP contribution in [-0.4, -0.2) is 18.1 Å². The highest BCUT2D eigenvalue weighted by Crippen LogP contribution is 2.12. The Balaban J connectivity index is 1.66. The lowest BCUT2D eigenvalue weighted by molar-refractivity contribution is 0.310. The van der Waals surface area contributed by atoms with Crippen LogP contribution in [0.25, 0.3) is 0 Å². The molecule has 0 saturated heterocycles. The van der Waals surface area contributed by atoms with Gasteiger partial charge >= 0.3 is 0 Å². The molecule has 2 aromatic rings. The van der Waals surface area contributed by atoms with Gasteiger partial charge < -0.3 is 10.1 Å². The van der Waals surface area contributed by atoms with Gasteiger partial charge in [-0.05, 0) is 24.6 Å². The Hall–Kier alpha value is -1.87. The molecule has 0 aliphatic carbocycles. The van der Waals surface area contributed by atoms with Gasteiger partial charge in [-0.3, -0.25) is 4.98 Å². The van der Waals surface area contributed by atoms with Crippen LogP contribution < -0.4 is 10.1 Å². The molecule has 0 aliphatic heterocycles. The second kappa shape index (κ2) is 6.77. The third kappa shape index (κ3) is 3.86. The molecule has 0 amide bonds. The molecule has 1 aromatic carbocycles. The van der Waals surface area contributed by atoms with Crippen molar-refractivity contribution in [2.45, 2.75) is 13.5 Å². The second-order valence-corrected chi connectivity index (χ2v) is 4.10. The van der Waals surface area contributed by atoms with E-state index in [1.807, 2.05) is 37.3 Å². The lowest BCUT2D eigenvalue weighted by Gasteiger charge is -2.09. The van der Waals surface area contributed by atoms with E-state index in [0.717, 1.165) is 24.5 Å². The van der Waals surface area contributed by atoms with Crippen LogP contribution in [0.4, 0.5) is 0 Å². The third-order valence-electron chi connectivity index (χ3n) is 2.67. The zero-order chi connectivity index (χ0) is 12.6. The maximum atomic E-state index is 5.65. The maximum Gasteiger partial charge on any atom is 0.140 e. The first kappa shape index (κ1) is 12.6. The van der Waals surface area contributed by atoms with E-state index >= 15 is 0 Å². The summed E-state index contributed by atoms with van der Waals surface area (Å²) in [5.41, 5.74) is 2.22. The van der Waals surface area contributed by atoms with E-state index in [1.54, 1.807) is 6.20 Å². The summed E-state index contributed by atoms with van der Waals surface area (Å²) in [6.45, 7) is 4.30. The molecular weight excluding hydrogens is 224 g/mol. The Bertz CT molecular complexity index is 471. The van der Waals surface area contributed by atoms with Crippen molar-refractivity contribution in [1.82, 2.24) is 10.3 Å². The molecule has 0 fully saturated rings. The lowest BCUT2D eigenvalue weighted by Crippen LogP contribution is -2.20. The van der Waals surface area contributed by atoms with Crippen LogP contribution in [0.3, 0.4) is 0 Å². The van der Waals surface area contributed by atoms with Gasteiger partial charge in [0.15, 0.2) is 0 Å². The summed E-state index contributed by atoms with van der Waals surface area (Å²) in [6.07, 6.45) is 1.77.